The minimum absolute atomic E-state index is 0.0607. The molecular formula is C40H45F3N6O5. The van der Waals surface area contributed by atoms with E-state index < -0.39 is 24.2 Å². The predicted octanol–water partition coefficient (Wildman–Crippen LogP) is 4.45. The van der Waals surface area contributed by atoms with Crippen molar-refractivity contribution in [1.29, 1.82) is 0 Å². The number of nitrogens with one attached hydrogen (secondary N) is 2. The lowest BCUT2D eigenvalue weighted by Gasteiger charge is -2.31. The number of alkyl halides is 3. The largest absolute Gasteiger partial charge is 0.490 e. The van der Waals surface area contributed by atoms with E-state index >= 15 is 0 Å². The molecule has 54 heavy (non-hydrogen) atoms. The summed E-state index contributed by atoms with van der Waals surface area (Å²) in [6.07, 6.45) is -2.09. The molecule has 0 bridgehead atoms. The van der Waals surface area contributed by atoms with Crippen LogP contribution in [-0.4, -0.2) is 77.2 Å². The second-order valence-electron chi connectivity index (χ2n) is 13.4. The lowest BCUT2D eigenvalue weighted by molar-refractivity contribution is -0.192. The van der Waals surface area contributed by atoms with E-state index in [1.165, 1.54) is 16.3 Å². The fourth-order valence-electron chi connectivity index (χ4n) is 6.78. The number of guanidine groups is 1. The minimum atomic E-state index is -5.08. The number of nitrogens with zero attached hydrogens (tertiary/aromatic N) is 2. The zero-order chi connectivity index (χ0) is 38.7. The van der Waals surface area contributed by atoms with Crippen molar-refractivity contribution in [2.45, 2.75) is 75.7 Å². The van der Waals surface area contributed by atoms with E-state index in [-0.39, 0.29) is 29.9 Å². The molecule has 1 fully saturated rings. The number of hydrogen-bond acceptors (Lipinski definition) is 6. The molecule has 4 aromatic rings. The van der Waals surface area contributed by atoms with Crippen LogP contribution < -0.4 is 22.1 Å². The lowest BCUT2D eigenvalue weighted by atomic mass is 9.95. The highest BCUT2D eigenvalue weighted by Crippen LogP contribution is 2.27. The molecule has 0 spiro atoms. The molecule has 4 aromatic carbocycles. The molecular weight excluding hydrogens is 701 g/mol. The van der Waals surface area contributed by atoms with Crippen LogP contribution in [0.2, 0.25) is 0 Å². The van der Waals surface area contributed by atoms with Crippen molar-refractivity contribution in [3.05, 3.63) is 119 Å². The molecule has 2 aliphatic heterocycles. The first-order valence-corrected chi connectivity index (χ1v) is 17.8. The Bertz CT molecular complexity index is 1920. The predicted molar refractivity (Wildman–Crippen MR) is 199 cm³/mol. The summed E-state index contributed by atoms with van der Waals surface area (Å²) in [7, 11) is 0. The van der Waals surface area contributed by atoms with Gasteiger partial charge >= 0.3 is 12.1 Å². The van der Waals surface area contributed by atoms with Gasteiger partial charge in [-0.05, 0) is 64.8 Å². The van der Waals surface area contributed by atoms with Gasteiger partial charge in [-0.15, -0.1) is 0 Å². The van der Waals surface area contributed by atoms with Crippen LogP contribution in [0, 0.1) is 0 Å². The van der Waals surface area contributed by atoms with Gasteiger partial charge in [0.2, 0.25) is 11.8 Å². The Morgan fingerprint density at radius 1 is 0.926 bits per heavy atom. The number of carboxylic acid groups (broad SMARTS) is 1. The number of likely N-dealkylation sites (tertiary alicyclic amines) is 1. The Kier molecular flexibility index (Phi) is 13.6. The highest BCUT2D eigenvalue weighted by molar-refractivity contribution is 5.90. The molecule has 14 heteroatoms. The summed E-state index contributed by atoms with van der Waals surface area (Å²) in [5.74, 6) is -2.96. The number of benzene rings is 4. The fourth-order valence-corrected chi connectivity index (χ4v) is 6.78. The number of carbonyl (C=O) groups is 3. The summed E-state index contributed by atoms with van der Waals surface area (Å²) < 4.78 is 38.2. The van der Waals surface area contributed by atoms with Gasteiger partial charge in [0.1, 0.15) is 6.04 Å². The molecule has 0 radical (unpaired) electrons. The maximum absolute atomic E-state index is 14.5. The number of aliphatic carboxylic acids is 1. The molecule has 7 N–H and O–H groups in total. The standard InChI is InChI=1S/C38H44N6O3.C2HF3O2/c39-38(40)41-18-8-15-32-22-33(47-25-27-16-17-28-11-4-5-12-29(28)19-27)24-44(32)37(46)35(20-26-9-2-1-3-10-26)43-36(45)34-21-30-13-6-7-14-31(30)23-42-34;3-2(4,5)1(6)7/h1-7,9-14,16-17,19,32-35,42H,8,15,18,20-25H2,(H,43,45)(H4,39,40,41);(H,6,7)/t32-,33+,34-,35+;/m0./s1. The van der Waals surface area contributed by atoms with Crippen LogP contribution in [0.15, 0.2) is 102 Å². The number of carboxylic acids is 1. The molecule has 11 nitrogen and oxygen atoms in total. The Balaban J connectivity index is 0.000000730. The van der Waals surface area contributed by atoms with Crippen molar-refractivity contribution >= 4 is 34.5 Å². The van der Waals surface area contributed by atoms with Crippen LogP contribution in [-0.2, 0) is 45.1 Å². The molecule has 2 heterocycles. The number of hydrogen-bond donors (Lipinski definition) is 5. The topological polar surface area (TPSA) is 172 Å². The maximum atomic E-state index is 14.5. The SMILES string of the molecule is NC(N)=NCCC[C@H]1C[C@@H](OCc2ccc3ccccc3c2)CN1C(=O)[C@@H](Cc1ccccc1)NC(=O)[C@@H]1Cc2ccccc2CN1.O=C(O)C(F)(F)F. The number of rotatable bonds is 12. The average molecular weight is 747 g/mol. The van der Waals surface area contributed by atoms with Gasteiger partial charge in [-0.1, -0.05) is 91.0 Å². The summed E-state index contributed by atoms with van der Waals surface area (Å²) in [4.78, 5) is 43.1. The molecule has 0 saturated carbocycles. The number of ether oxygens (including phenoxy) is 1. The number of amides is 2. The van der Waals surface area contributed by atoms with Crippen molar-refractivity contribution in [2.75, 3.05) is 13.1 Å². The molecule has 4 atom stereocenters. The van der Waals surface area contributed by atoms with Crippen molar-refractivity contribution in [3.8, 4) is 0 Å². The van der Waals surface area contributed by atoms with Crippen LogP contribution >= 0.6 is 0 Å². The normalized spacial score (nSPS) is 18.5. The summed E-state index contributed by atoms with van der Waals surface area (Å²) in [5, 5.41) is 16.0. The third-order valence-electron chi connectivity index (χ3n) is 9.49. The number of halogens is 3. The van der Waals surface area contributed by atoms with Crippen LogP contribution in [0.4, 0.5) is 13.2 Å². The second kappa shape index (κ2) is 18.5. The van der Waals surface area contributed by atoms with E-state index in [0.29, 0.717) is 45.5 Å². The Morgan fingerprint density at radius 3 is 2.30 bits per heavy atom. The molecule has 0 aromatic heterocycles. The van der Waals surface area contributed by atoms with Gasteiger partial charge in [-0.25, -0.2) is 4.79 Å². The Morgan fingerprint density at radius 2 is 1.59 bits per heavy atom. The number of carbonyl (C=O) groups excluding carboxylic acids is 2. The zero-order valence-corrected chi connectivity index (χ0v) is 29.7. The maximum Gasteiger partial charge on any atom is 0.490 e. The molecule has 0 aliphatic carbocycles. The van der Waals surface area contributed by atoms with Gasteiger partial charge in [-0.3, -0.25) is 14.6 Å². The van der Waals surface area contributed by atoms with E-state index in [9.17, 15) is 22.8 Å². The van der Waals surface area contributed by atoms with Crippen molar-refractivity contribution in [3.63, 3.8) is 0 Å². The summed E-state index contributed by atoms with van der Waals surface area (Å²) in [6, 6.07) is 31.4. The van der Waals surface area contributed by atoms with Gasteiger partial charge in [0.05, 0.1) is 18.8 Å². The van der Waals surface area contributed by atoms with Crippen LogP contribution in [0.1, 0.15) is 41.5 Å². The average Bonchev–Trinajstić information content (AvgIpc) is 3.57. The van der Waals surface area contributed by atoms with Crippen molar-refractivity contribution in [2.24, 2.45) is 16.5 Å². The Labute approximate surface area is 311 Å². The fraction of sp³-hybridized carbons (Fsp3) is 0.350. The molecule has 286 valence electrons. The smallest absolute Gasteiger partial charge is 0.475 e. The number of nitrogens with two attached hydrogens (primary N) is 2. The van der Waals surface area contributed by atoms with Crippen LogP contribution in [0.25, 0.3) is 10.8 Å². The van der Waals surface area contributed by atoms with Crippen molar-refractivity contribution in [1.82, 2.24) is 15.5 Å². The highest BCUT2D eigenvalue weighted by atomic mass is 19.4. The first-order chi connectivity index (χ1) is 25.9. The third-order valence-corrected chi connectivity index (χ3v) is 9.49. The van der Waals surface area contributed by atoms with Gasteiger partial charge in [0, 0.05) is 32.1 Å². The molecule has 1 saturated heterocycles. The number of aliphatic imine (C=N–C) groups is 1. The number of fused-ring (bicyclic) bond motifs is 2. The first-order valence-electron chi connectivity index (χ1n) is 17.8. The highest BCUT2D eigenvalue weighted by Gasteiger charge is 2.40. The van der Waals surface area contributed by atoms with E-state index in [4.69, 9.17) is 26.1 Å². The van der Waals surface area contributed by atoms with E-state index in [1.807, 2.05) is 59.5 Å². The van der Waals surface area contributed by atoms with Crippen LogP contribution in [0.3, 0.4) is 0 Å². The van der Waals surface area contributed by atoms with Gasteiger partial charge < -0.3 is 36.8 Å². The first kappa shape index (κ1) is 39.7. The van der Waals surface area contributed by atoms with E-state index in [2.05, 4.69) is 58.1 Å². The van der Waals surface area contributed by atoms with E-state index in [1.54, 1.807) is 0 Å². The summed E-state index contributed by atoms with van der Waals surface area (Å²) in [6.45, 7) is 2.01. The summed E-state index contributed by atoms with van der Waals surface area (Å²) >= 11 is 0. The van der Waals surface area contributed by atoms with Crippen LogP contribution in [0.5, 0.6) is 0 Å². The van der Waals surface area contributed by atoms with E-state index in [0.717, 1.165) is 29.5 Å². The quantitative estimate of drug-likeness (QED) is 0.0804. The molecule has 6 rings (SSSR count). The lowest BCUT2D eigenvalue weighted by Crippen LogP contribution is -2.56. The van der Waals surface area contributed by atoms with Gasteiger partial charge in [0.15, 0.2) is 5.96 Å². The second-order valence-corrected chi connectivity index (χ2v) is 13.4. The molecule has 0 unspecified atom stereocenters. The molecule has 2 aliphatic rings. The minimum Gasteiger partial charge on any atom is -0.475 e. The summed E-state index contributed by atoms with van der Waals surface area (Å²) in [5.41, 5.74) is 15.6. The van der Waals surface area contributed by atoms with Gasteiger partial charge in [-0.2, -0.15) is 13.2 Å². The monoisotopic (exact) mass is 746 g/mol. The third kappa shape index (κ3) is 11.3. The molecule has 2 amide bonds. The van der Waals surface area contributed by atoms with Crippen molar-refractivity contribution < 1.29 is 37.4 Å². The zero-order valence-electron chi connectivity index (χ0n) is 29.7. The van der Waals surface area contributed by atoms with Gasteiger partial charge in [0.25, 0.3) is 0 Å². The Hall–Kier alpha value is -5.47.